The summed E-state index contributed by atoms with van der Waals surface area (Å²) in [4.78, 5) is 0.213. The molecule has 0 radical (unpaired) electrons. The minimum absolute atomic E-state index is 0.00788. The van der Waals surface area contributed by atoms with Gasteiger partial charge in [0.05, 0.1) is 10.6 Å². The molecule has 0 heterocycles. The zero-order chi connectivity index (χ0) is 14.0. The van der Waals surface area contributed by atoms with E-state index in [2.05, 4.69) is 15.9 Å². The topological polar surface area (TPSA) is 35.2 Å². The molecule has 0 unspecified atom stereocenters. The molecule has 0 bridgehead atoms. The molecule has 19 heavy (non-hydrogen) atoms. The molecule has 0 fully saturated rings. The molecule has 2 nitrogen and oxygen atoms in total. The monoisotopic (exact) mass is 359 g/mol. The molecule has 2 aromatic rings. The Balaban J connectivity index is 2.37. The number of hydrogen-bond donors (Lipinski definition) is 1. The summed E-state index contributed by atoms with van der Waals surface area (Å²) < 4.78 is 19.5. The Morgan fingerprint density at radius 2 is 2.00 bits per heavy atom. The second-order valence-corrected chi connectivity index (χ2v) is 5.45. The van der Waals surface area contributed by atoms with Gasteiger partial charge in [-0.25, -0.2) is 4.39 Å². The van der Waals surface area contributed by atoms with Gasteiger partial charge in [0.1, 0.15) is 22.3 Å². The Kier molecular flexibility index (Phi) is 4.39. The van der Waals surface area contributed by atoms with Crippen LogP contribution in [0.3, 0.4) is 0 Å². The summed E-state index contributed by atoms with van der Waals surface area (Å²) >= 11 is 14.0. The molecule has 0 spiro atoms. The Morgan fingerprint density at radius 3 is 2.63 bits per heavy atom. The fraction of sp³-hybridized carbons (Fsp3) is 0. The van der Waals surface area contributed by atoms with Gasteiger partial charge in [-0.05, 0) is 30.3 Å². The number of rotatable bonds is 3. The minimum atomic E-state index is -0.501. The Labute approximate surface area is 128 Å². The number of halogens is 3. The lowest BCUT2D eigenvalue weighted by atomic mass is 10.2. The van der Waals surface area contributed by atoms with Crippen LogP contribution in [0.25, 0.3) is 0 Å². The average Bonchev–Trinajstić information content (AvgIpc) is 2.36. The standard InChI is InChI=1S/C13H8BrClFNOS/c14-7-1-4-12(9(5-7)13(17)19)18-8-2-3-11(16)10(15)6-8/h1-6H,(H2,17,19). The molecule has 0 saturated carbocycles. The maximum Gasteiger partial charge on any atom is 0.142 e. The lowest BCUT2D eigenvalue weighted by Crippen LogP contribution is -2.10. The van der Waals surface area contributed by atoms with Crippen LogP contribution in [0.15, 0.2) is 40.9 Å². The summed E-state index contributed by atoms with van der Waals surface area (Å²) in [7, 11) is 0. The van der Waals surface area contributed by atoms with Crippen LogP contribution in [0.5, 0.6) is 11.5 Å². The van der Waals surface area contributed by atoms with Crippen molar-refractivity contribution < 1.29 is 9.13 Å². The third-order valence-electron chi connectivity index (χ3n) is 2.33. The van der Waals surface area contributed by atoms with E-state index in [1.165, 1.54) is 18.2 Å². The molecule has 0 aromatic heterocycles. The van der Waals surface area contributed by atoms with Crippen LogP contribution in [-0.2, 0) is 0 Å². The lowest BCUT2D eigenvalue weighted by molar-refractivity contribution is 0.479. The SMILES string of the molecule is NC(=S)c1cc(Br)ccc1Oc1ccc(F)c(Cl)c1. The summed E-state index contributed by atoms with van der Waals surface area (Å²) in [6.07, 6.45) is 0. The van der Waals surface area contributed by atoms with Crippen LogP contribution in [0.2, 0.25) is 5.02 Å². The zero-order valence-corrected chi connectivity index (χ0v) is 12.7. The highest BCUT2D eigenvalue weighted by atomic mass is 79.9. The quantitative estimate of drug-likeness (QED) is 0.808. The van der Waals surface area contributed by atoms with Crippen molar-refractivity contribution in [1.29, 1.82) is 0 Å². The van der Waals surface area contributed by atoms with Gasteiger partial charge in [-0.1, -0.05) is 39.7 Å². The second kappa shape index (κ2) is 5.86. The zero-order valence-electron chi connectivity index (χ0n) is 9.49. The van der Waals surface area contributed by atoms with E-state index >= 15 is 0 Å². The third-order valence-corrected chi connectivity index (χ3v) is 3.33. The highest BCUT2D eigenvalue weighted by molar-refractivity contribution is 9.10. The van der Waals surface area contributed by atoms with Gasteiger partial charge < -0.3 is 10.5 Å². The van der Waals surface area contributed by atoms with Crippen molar-refractivity contribution >= 4 is 44.7 Å². The number of hydrogen-bond acceptors (Lipinski definition) is 2. The highest BCUT2D eigenvalue weighted by Crippen LogP contribution is 2.30. The molecule has 0 atom stereocenters. The summed E-state index contributed by atoms with van der Waals surface area (Å²) in [5.41, 5.74) is 6.22. The first-order valence-electron chi connectivity index (χ1n) is 5.19. The summed E-state index contributed by atoms with van der Waals surface area (Å²) in [5.74, 6) is 0.393. The molecule has 6 heteroatoms. The average molecular weight is 361 g/mol. The van der Waals surface area contributed by atoms with Gasteiger partial charge in [0.15, 0.2) is 0 Å². The number of nitrogens with two attached hydrogens (primary N) is 1. The van der Waals surface area contributed by atoms with Crippen LogP contribution in [0.1, 0.15) is 5.56 Å². The van der Waals surface area contributed by atoms with Crippen LogP contribution in [0.4, 0.5) is 4.39 Å². The van der Waals surface area contributed by atoms with Crippen molar-refractivity contribution in [2.45, 2.75) is 0 Å². The molecule has 2 aromatic carbocycles. The van der Waals surface area contributed by atoms with E-state index in [1.54, 1.807) is 18.2 Å². The Hall–Kier alpha value is -1.17. The van der Waals surface area contributed by atoms with E-state index in [-0.39, 0.29) is 10.0 Å². The number of ether oxygens (including phenoxy) is 1. The lowest BCUT2D eigenvalue weighted by Gasteiger charge is -2.11. The van der Waals surface area contributed by atoms with Gasteiger partial charge in [0, 0.05) is 10.5 Å². The van der Waals surface area contributed by atoms with E-state index in [9.17, 15) is 4.39 Å². The first-order chi connectivity index (χ1) is 8.97. The highest BCUT2D eigenvalue weighted by Gasteiger charge is 2.09. The third kappa shape index (κ3) is 3.43. The van der Waals surface area contributed by atoms with Gasteiger partial charge in [-0.3, -0.25) is 0 Å². The van der Waals surface area contributed by atoms with E-state index in [4.69, 9.17) is 34.3 Å². The molecule has 2 rings (SSSR count). The Morgan fingerprint density at radius 1 is 1.26 bits per heavy atom. The van der Waals surface area contributed by atoms with Gasteiger partial charge in [-0.2, -0.15) is 0 Å². The fourth-order valence-corrected chi connectivity index (χ4v) is 2.14. The van der Waals surface area contributed by atoms with Gasteiger partial charge in [0.25, 0.3) is 0 Å². The summed E-state index contributed by atoms with van der Waals surface area (Å²) in [5, 5.41) is -0.00788. The van der Waals surface area contributed by atoms with Crippen LogP contribution >= 0.6 is 39.7 Å². The molecule has 0 aliphatic heterocycles. The normalized spacial score (nSPS) is 10.3. The van der Waals surface area contributed by atoms with Gasteiger partial charge in [-0.15, -0.1) is 0 Å². The van der Waals surface area contributed by atoms with Gasteiger partial charge in [0.2, 0.25) is 0 Å². The number of benzene rings is 2. The minimum Gasteiger partial charge on any atom is -0.457 e. The van der Waals surface area contributed by atoms with Crippen molar-refractivity contribution in [2.24, 2.45) is 5.73 Å². The predicted octanol–water partition coefficient (Wildman–Crippen LogP) is 4.67. The van der Waals surface area contributed by atoms with Crippen molar-refractivity contribution in [3.63, 3.8) is 0 Å². The van der Waals surface area contributed by atoms with E-state index in [0.717, 1.165) is 4.47 Å². The first kappa shape index (κ1) is 14.2. The van der Waals surface area contributed by atoms with Crippen LogP contribution in [0, 0.1) is 5.82 Å². The fourth-order valence-electron chi connectivity index (χ4n) is 1.45. The van der Waals surface area contributed by atoms with E-state index < -0.39 is 5.82 Å². The van der Waals surface area contributed by atoms with Gasteiger partial charge >= 0.3 is 0 Å². The molecular weight excluding hydrogens is 353 g/mol. The number of thiocarbonyl (C=S) groups is 1. The van der Waals surface area contributed by atoms with Crippen molar-refractivity contribution in [2.75, 3.05) is 0 Å². The van der Waals surface area contributed by atoms with E-state index in [0.29, 0.717) is 17.1 Å². The predicted molar refractivity (Wildman–Crippen MR) is 81.5 cm³/mol. The molecular formula is C13H8BrClFNOS. The molecule has 98 valence electrons. The molecule has 2 N–H and O–H groups in total. The maximum absolute atomic E-state index is 13.1. The van der Waals surface area contributed by atoms with Crippen LogP contribution in [-0.4, -0.2) is 4.99 Å². The van der Waals surface area contributed by atoms with Crippen molar-refractivity contribution in [3.05, 3.63) is 57.3 Å². The Bertz CT molecular complexity index is 651. The van der Waals surface area contributed by atoms with Crippen LogP contribution < -0.4 is 10.5 Å². The largest absolute Gasteiger partial charge is 0.457 e. The smallest absolute Gasteiger partial charge is 0.142 e. The van der Waals surface area contributed by atoms with Crippen molar-refractivity contribution in [1.82, 2.24) is 0 Å². The maximum atomic E-state index is 13.1. The molecule has 0 aliphatic carbocycles. The summed E-state index contributed by atoms with van der Waals surface area (Å²) in [6, 6.07) is 9.37. The molecule has 0 aliphatic rings. The summed E-state index contributed by atoms with van der Waals surface area (Å²) in [6.45, 7) is 0. The first-order valence-corrected chi connectivity index (χ1v) is 6.77. The molecule has 0 saturated heterocycles. The second-order valence-electron chi connectivity index (χ2n) is 3.68. The molecule has 0 amide bonds. The van der Waals surface area contributed by atoms with Crippen molar-refractivity contribution in [3.8, 4) is 11.5 Å². The van der Waals surface area contributed by atoms with E-state index in [1.807, 2.05) is 0 Å².